The second-order valence-corrected chi connectivity index (χ2v) is 6.93. The van der Waals surface area contributed by atoms with Crippen molar-refractivity contribution in [2.75, 3.05) is 31.1 Å². The Hall–Kier alpha value is -2.48. The summed E-state index contributed by atoms with van der Waals surface area (Å²) >= 11 is 0. The number of aromatic nitrogens is 2. The number of anilines is 1. The predicted molar refractivity (Wildman–Crippen MR) is 102 cm³/mol. The molecule has 0 amide bonds. The number of aromatic carboxylic acids is 1. The Morgan fingerprint density at radius 2 is 2.22 bits per heavy atom. The number of rotatable bonds is 7. The minimum atomic E-state index is -1.32. The van der Waals surface area contributed by atoms with E-state index < -0.39 is 17.2 Å². The minimum Gasteiger partial charge on any atom is -0.477 e. The van der Waals surface area contributed by atoms with Crippen LogP contribution in [0.2, 0.25) is 0 Å². The highest BCUT2D eigenvalue weighted by molar-refractivity contribution is 5.92. The van der Waals surface area contributed by atoms with Crippen molar-refractivity contribution < 1.29 is 14.3 Å². The number of aryl methyl sites for hydroxylation is 1. The van der Waals surface area contributed by atoms with Gasteiger partial charge in [-0.2, -0.15) is 0 Å². The number of nitrogens with zero attached hydrogens (tertiary/aromatic N) is 3. The molecule has 1 atom stereocenters. The summed E-state index contributed by atoms with van der Waals surface area (Å²) in [6.45, 7) is 7.64. The largest absolute Gasteiger partial charge is 0.477 e. The molecule has 27 heavy (non-hydrogen) atoms. The highest BCUT2D eigenvalue weighted by Gasteiger charge is 2.26. The van der Waals surface area contributed by atoms with Crippen molar-refractivity contribution in [3.63, 3.8) is 0 Å². The van der Waals surface area contributed by atoms with E-state index in [4.69, 9.17) is 0 Å². The van der Waals surface area contributed by atoms with Crippen LogP contribution in [-0.2, 0) is 6.54 Å². The van der Waals surface area contributed by atoms with Gasteiger partial charge in [0.1, 0.15) is 11.2 Å². The molecule has 2 aromatic heterocycles. The van der Waals surface area contributed by atoms with Gasteiger partial charge in [-0.15, -0.1) is 0 Å². The average molecular weight is 376 g/mol. The Morgan fingerprint density at radius 3 is 2.89 bits per heavy atom. The van der Waals surface area contributed by atoms with Crippen LogP contribution in [0.25, 0.3) is 11.0 Å². The van der Waals surface area contributed by atoms with Gasteiger partial charge >= 0.3 is 5.97 Å². The van der Waals surface area contributed by atoms with E-state index in [-0.39, 0.29) is 16.8 Å². The molecule has 1 fully saturated rings. The zero-order valence-electron chi connectivity index (χ0n) is 15.7. The third-order valence-corrected chi connectivity index (χ3v) is 5.00. The van der Waals surface area contributed by atoms with Crippen LogP contribution in [0.3, 0.4) is 0 Å². The van der Waals surface area contributed by atoms with Gasteiger partial charge in [0.2, 0.25) is 5.43 Å². The van der Waals surface area contributed by atoms with Crippen molar-refractivity contribution in [1.82, 2.24) is 14.9 Å². The highest BCUT2D eigenvalue weighted by atomic mass is 19.1. The summed E-state index contributed by atoms with van der Waals surface area (Å²) in [6, 6.07) is 1.13. The molecule has 2 N–H and O–H groups in total. The topological polar surface area (TPSA) is 87.5 Å². The number of carbonyl (C=O) groups is 1. The maximum Gasteiger partial charge on any atom is 0.341 e. The summed E-state index contributed by atoms with van der Waals surface area (Å²) in [5.74, 6) is -1.26. The van der Waals surface area contributed by atoms with Crippen molar-refractivity contribution in [2.45, 2.75) is 33.2 Å². The van der Waals surface area contributed by atoms with Crippen LogP contribution >= 0.6 is 0 Å². The summed E-state index contributed by atoms with van der Waals surface area (Å²) in [6.07, 6.45) is 3.31. The normalized spacial score (nSPS) is 17.0. The number of nitrogens with one attached hydrogen (secondary N) is 1. The van der Waals surface area contributed by atoms with E-state index >= 15 is 0 Å². The summed E-state index contributed by atoms with van der Waals surface area (Å²) in [4.78, 5) is 30.0. The molecule has 0 radical (unpaired) electrons. The summed E-state index contributed by atoms with van der Waals surface area (Å²) in [5.41, 5.74) is -0.763. The Balaban J connectivity index is 1.96. The molecule has 8 heteroatoms. The van der Waals surface area contributed by atoms with Crippen LogP contribution in [0.5, 0.6) is 0 Å². The van der Waals surface area contributed by atoms with Crippen LogP contribution in [-0.4, -0.2) is 46.8 Å². The van der Waals surface area contributed by atoms with Crippen molar-refractivity contribution in [3.05, 3.63) is 33.9 Å². The molecular formula is C19H25FN4O3. The first-order chi connectivity index (χ1) is 13.0. The Kier molecular flexibility index (Phi) is 5.74. The monoisotopic (exact) mass is 376 g/mol. The van der Waals surface area contributed by atoms with Crippen molar-refractivity contribution in [3.8, 4) is 0 Å². The van der Waals surface area contributed by atoms with Crippen LogP contribution < -0.4 is 15.6 Å². The van der Waals surface area contributed by atoms with Gasteiger partial charge in [-0.05, 0) is 44.8 Å². The summed E-state index contributed by atoms with van der Waals surface area (Å²) in [7, 11) is 0. The lowest BCUT2D eigenvalue weighted by Crippen LogP contribution is -2.28. The van der Waals surface area contributed by atoms with Crippen LogP contribution in [0.15, 0.2) is 17.1 Å². The standard InChI is InChI=1S/C19H25FN4O3/c1-3-6-21-9-12-5-7-24(10-12)18-15(20)8-13-16(25)14(19(26)27)11-23(4-2)17(13)22-18/h8,11-12,21H,3-7,9-10H2,1-2H3,(H,26,27). The van der Waals surface area contributed by atoms with Gasteiger partial charge in [-0.25, -0.2) is 14.2 Å². The molecule has 3 rings (SSSR count). The van der Waals surface area contributed by atoms with E-state index in [2.05, 4.69) is 17.2 Å². The van der Waals surface area contributed by atoms with E-state index in [0.717, 1.165) is 32.0 Å². The minimum absolute atomic E-state index is 0.00152. The zero-order valence-corrected chi connectivity index (χ0v) is 15.7. The van der Waals surface area contributed by atoms with Gasteiger partial charge in [0, 0.05) is 25.8 Å². The Morgan fingerprint density at radius 1 is 1.44 bits per heavy atom. The van der Waals surface area contributed by atoms with E-state index in [1.54, 1.807) is 4.57 Å². The van der Waals surface area contributed by atoms with Gasteiger partial charge in [0.25, 0.3) is 0 Å². The van der Waals surface area contributed by atoms with Gasteiger partial charge in [-0.3, -0.25) is 4.79 Å². The van der Waals surface area contributed by atoms with E-state index in [1.807, 2.05) is 11.8 Å². The molecule has 146 valence electrons. The zero-order chi connectivity index (χ0) is 19.6. The molecule has 0 aromatic carbocycles. The number of fused-ring (bicyclic) bond motifs is 1. The van der Waals surface area contributed by atoms with Gasteiger partial charge in [0.05, 0.1) is 5.39 Å². The molecule has 2 aromatic rings. The molecule has 0 spiro atoms. The fourth-order valence-corrected chi connectivity index (χ4v) is 3.57. The molecule has 0 saturated carbocycles. The van der Waals surface area contributed by atoms with Crippen molar-refractivity contribution >= 4 is 22.8 Å². The third-order valence-electron chi connectivity index (χ3n) is 5.00. The molecule has 1 unspecified atom stereocenters. The maximum absolute atomic E-state index is 14.7. The lowest BCUT2D eigenvalue weighted by Gasteiger charge is -2.20. The summed E-state index contributed by atoms with van der Waals surface area (Å²) in [5, 5.41) is 12.6. The third kappa shape index (κ3) is 3.80. The second-order valence-electron chi connectivity index (χ2n) is 6.93. The highest BCUT2D eigenvalue weighted by Crippen LogP contribution is 2.26. The van der Waals surface area contributed by atoms with Gasteiger partial charge < -0.3 is 19.9 Å². The Labute approximate surface area is 156 Å². The number of hydrogen-bond acceptors (Lipinski definition) is 5. The van der Waals surface area contributed by atoms with Crippen molar-refractivity contribution in [1.29, 1.82) is 0 Å². The smallest absolute Gasteiger partial charge is 0.341 e. The van der Waals surface area contributed by atoms with Crippen LogP contribution in [0, 0.1) is 11.7 Å². The number of carboxylic acid groups (broad SMARTS) is 1. The fraction of sp³-hybridized carbons (Fsp3) is 0.526. The molecule has 0 bridgehead atoms. The first-order valence-corrected chi connectivity index (χ1v) is 9.38. The molecule has 0 aliphatic carbocycles. The molecule has 1 aliphatic heterocycles. The number of carboxylic acids is 1. The predicted octanol–water partition coefficient (Wildman–Crippen LogP) is 2.08. The van der Waals surface area contributed by atoms with Crippen LogP contribution in [0.1, 0.15) is 37.0 Å². The molecular weight excluding hydrogens is 351 g/mol. The van der Waals surface area contributed by atoms with Crippen LogP contribution in [0.4, 0.5) is 10.2 Å². The molecule has 1 aliphatic rings. The summed E-state index contributed by atoms with van der Waals surface area (Å²) < 4.78 is 16.3. The second kappa shape index (κ2) is 8.04. The molecule has 7 nitrogen and oxygen atoms in total. The lowest BCUT2D eigenvalue weighted by molar-refractivity contribution is 0.0695. The quantitative estimate of drug-likeness (QED) is 0.720. The first-order valence-electron chi connectivity index (χ1n) is 9.38. The fourth-order valence-electron chi connectivity index (χ4n) is 3.57. The number of pyridine rings is 2. The number of halogens is 1. The Bertz CT molecular complexity index is 912. The molecule has 1 saturated heterocycles. The molecule has 3 heterocycles. The van der Waals surface area contributed by atoms with E-state index in [1.165, 1.54) is 6.20 Å². The van der Waals surface area contributed by atoms with Crippen molar-refractivity contribution in [2.24, 2.45) is 5.92 Å². The van der Waals surface area contributed by atoms with Gasteiger partial charge in [-0.1, -0.05) is 6.92 Å². The first kappa shape index (κ1) is 19.3. The van der Waals surface area contributed by atoms with Gasteiger partial charge in [0.15, 0.2) is 11.6 Å². The number of hydrogen-bond donors (Lipinski definition) is 2. The van der Waals surface area contributed by atoms with E-state index in [0.29, 0.717) is 31.2 Å². The maximum atomic E-state index is 14.7. The lowest BCUT2D eigenvalue weighted by atomic mass is 10.1. The SMILES string of the molecule is CCCNCC1CCN(c2nc3c(cc2F)c(=O)c(C(=O)O)cn3CC)C1. The van der Waals surface area contributed by atoms with E-state index in [9.17, 15) is 19.1 Å². The average Bonchev–Trinajstić information content (AvgIpc) is 3.10.